The summed E-state index contributed by atoms with van der Waals surface area (Å²) >= 11 is 1.54. The SMILES string of the molecule is CC(NC(=O)N1CCN(Cc2ccccc2)CC1)C(=O)Nc1nc2c(s1)CCC2. The second-order valence-electron chi connectivity index (χ2n) is 7.65. The van der Waals surface area contributed by atoms with Crippen molar-refractivity contribution in [2.45, 2.75) is 38.8 Å². The molecule has 1 saturated heterocycles. The van der Waals surface area contributed by atoms with Crippen LogP contribution in [0.5, 0.6) is 0 Å². The lowest BCUT2D eigenvalue weighted by Crippen LogP contribution is -2.54. The summed E-state index contributed by atoms with van der Waals surface area (Å²) in [7, 11) is 0. The van der Waals surface area contributed by atoms with E-state index in [1.807, 2.05) is 18.2 Å². The molecule has 2 aromatic rings. The zero-order valence-electron chi connectivity index (χ0n) is 16.7. The van der Waals surface area contributed by atoms with Crippen molar-refractivity contribution in [1.82, 2.24) is 20.1 Å². The third kappa shape index (κ3) is 4.94. The fourth-order valence-electron chi connectivity index (χ4n) is 3.75. The topological polar surface area (TPSA) is 77.6 Å². The molecule has 1 unspecified atom stereocenters. The average molecular weight is 414 g/mol. The Morgan fingerprint density at radius 3 is 2.62 bits per heavy atom. The van der Waals surface area contributed by atoms with Crippen LogP contribution in [-0.2, 0) is 24.2 Å². The van der Waals surface area contributed by atoms with E-state index in [9.17, 15) is 9.59 Å². The van der Waals surface area contributed by atoms with Gasteiger partial charge in [0.25, 0.3) is 0 Å². The first kappa shape index (κ1) is 19.8. The lowest BCUT2D eigenvalue weighted by molar-refractivity contribution is -0.117. The Hall–Kier alpha value is -2.45. The van der Waals surface area contributed by atoms with E-state index in [2.05, 4.69) is 32.7 Å². The van der Waals surface area contributed by atoms with Crippen molar-refractivity contribution in [3.63, 3.8) is 0 Å². The highest BCUT2D eigenvalue weighted by Crippen LogP contribution is 2.30. The van der Waals surface area contributed by atoms with Crippen LogP contribution in [0.1, 0.15) is 29.5 Å². The number of rotatable bonds is 5. The third-order valence-corrected chi connectivity index (χ3v) is 6.54. The van der Waals surface area contributed by atoms with Crippen LogP contribution in [0.25, 0.3) is 0 Å². The van der Waals surface area contributed by atoms with Gasteiger partial charge in [0.15, 0.2) is 5.13 Å². The van der Waals surface area contributed by atoms with Gasteiger partial charge in [0.1, 0.15) is 6.04 Å². The fraction of sp³-hybridized carbons (Fsp3) is 0.476. The molecule has 0 saturated carbocycles. The van der Waals surface area contributed by atoms with Gasteiger partial charge in [-0.3, -0.25) is 9.69 Å². The normalized spacial score (nSPS) is 17.6. The highest BCUT2D eigenvalue weighted by molar-refractivity contribution is 7.15. The summed E-state index contributed by atoms with van der Waals surface area (Å²) in [5.74, 6) is -0.228. The number of nitrogens with zero attached hydrogens (tertiary/aromatic N) is 3. The van der Waals surface area contributed by atoms with E-state index in [-0.39, 0.29) is 11.9 Å². The number of piperazine rings is 1. The van der Waals surface area contributed by atoms with Gasteiger partial charge in [-0.05, 0) is 31.7 Å². The summed E-state index contributed by atoms with van der Waals surface area (Å²) in [4.78, 5) is 34.9. The molecule has 4 rings (SSSR count). The van der Waals surface area contributed by atoms with Crippen LogP contribution in [0.3, 0.4) is 0 Å². The van der Waals surface area contributed by atoms with Crippen molar-refractivity contribution >= 4 is 28.4 Å². The van der Waals surface area contributed by atoms with Gasteiger partial charge >= 0.3 is 6.03 Å². The van der Waals surface area contributed by atoms with Crippen LogP contribution < -0.4 is 10.6 Å². The fourth-order valence-corrected chi connectivity index (χ4v) is 4.80. The molecule has 2 aliphatic rings. The van der Waals surface area contributed by atoms with Crippen molar-refractivity contribution < 1.29 is 9.59 Å². The van der Waals surface area contributed by atoms with Gasteiger partial charge in [-0.1, -0.05) is 30.3 Å². The molecule has 1 aliphatic heterocycles. The van der Waals surface area contributed by atoms with Crippen LogP contribution >= 0.6 is 11.3 Å². The van der Waals surface area contributed by atoms with E-state index < -0.39 is 6.04 Å². The second kappa shape index (κ2) is 8.92. The second-order valence-corrected chi connectivity index (χ2v) is 8.74. The number of carbonyl (C=O) groups excluding carboxylic acids is 2. The van der Waals surface area contributed by atoms with Gasteiger partial charge < -0.3 is 15.5 Å². The molecule has 1 atom stereocenters. The minimum absolute atomic E-state index is 0.186. The number of carbonyl (C=O) groups is 2. The Balaban J connectivity index is 1.22. The van der Waals surface area contributed by atoms with Crippen molar-refractivity contribution in [3.8, 4) is 0 Å². The number of aryl methyl sites for hydroxylation is 2. The van der Waals surface area contributed by atoms with E-state index in [4.69, 9.17) is 0 Å². The standard InChI is InChI=1S/C21H27N5O2S/c1-15(19(27)24-20-23-17-8-5-9-18(17)29-20)22-21(28)26-12-10-25(11-13-26)14-16-6-3-2-4-7-16/h2-4,6-7,15H,5,8-14H2,1H3,(H,22,28)(H,23,24,27). The third-order valence-electron chi connectivity index (χ3n) is 5.47. The first-order chi connectivity index (χ1) is 14.1. The minimum Gasteiger partial charge on any atom is -0.326 e. The van der Waals surface area contributed by atoms with Crippen LogP contribution in [-0.4, -0.2) is 58.9 Å². The highest BCUT2D eigenvalue weighted by Gasteiger charge is 2.25. The molecule has 8 heteroatoms. The number of amides is 3. The Kier molecular flexibility index (Phi) is 6.10. The zero-order chi connectivity index (χ0) is 20.2. The van der Waals surface area contributed by atoms with Crippen molar-refractivity contribution in [3.05, 3.63) is 46.5 Å². The van der Waals surface area contributed by atoms with Crippen molar-refractivity contribution in [2.75, 3.05) is 31.5 Å². The molecule has 0 spiro atoms. The Morgan fingerprint density at radius 2 is 1.90 bits per heavy atom. The maximum absolute atomic E-state index is 12.5. The van der Waals surface area contributed by atoms with E-state index in [0.29, 0.717) is 18.2 Å². The monoisotopic (exact) mass is 413 g/mol. The maximum atomic E-state index is 12.5. The van der Waals surface area contributed by atoms with Crippen molar-refractivity contribution in [2.24, 2.45) is 0 Å². The molecule has 0 radical (unpaired) electrons. The predicted molar refractivity (Wildman–Crippen MR) is 114 cm³/mol. The maximum Gasteiger partial charge on any atom is 0.318 e. The molecule has 0 bridgehead atoms. The molecule has 1 fully saturated rings. The number of thiazole rings is 1. The molecular formula is C21H27N5O2S. The summed E-state index contributed by atoms with van der Waals surface area (Å²) in [5, 5.41) is 6.29. The summed E-state index contributed by atoms with van der Waals surface area (Å²) in [6.45, 7) is 5.58. The van der Waals surface area contributed by atoms with Gasteiger partial charge in [0, 0.05) is 37.6 Å². The van der Waals surface area contributed by atoms with Gasteiger partial charge in [-0.25, -0.2) is 9.78 Å². The largest absolute Gasteiger partial charge is 0.326 e. The van der Waals surface area contributed by atoms with Crippen LogP contribution in [0.2, 0.25) is 0 Å². The average Bonchev–Trinajstić information content (AvgIpc) is 3.31. The molecule has 1 aromatic carbocycles. The zero-order valence-corrected chi connectivity index (χ0v) is 17.5. The minimum atomic E-state index is -0.608. The first-order valence-electron chi connectivity index (χ1n) is 10.2. The molecule has 2 heterocycles. The van der Waals surface area contributed by atoms with E-state index in [0.717, 1.165) is 44.6 Å². The number of urea groups is 1. The number of hydrogen-bond donors (Lipinski definition) is 2. The summed E-state index contributed by atoms with van der Waals surface area (Å²) in [5.41, 5.74) is 2.39. The van der Waals surface area contributed by atoms with E-state index >= 15 is 0 Å². The Labute approximate surface area is 175 Å². The molecule has 1 aromatic heterocycles. The van der Waals surface area contributed by atoms with Gasteiger partial charge in [0.05, 0.1) is 5.69 Å². The summed E-state index contributed by atoms with van der Waals surface area (Å²) in [6, 6.07) is 9.56. The smallest absolute Gasteiger partial charge is 0.318 e. The molecule has 29 heavy (non-hydrogen) atoms. The van der Waals surface area contributed by atoms with E-state index in [1.54, 1.807) is 23.2 Å². The molecule has 7 nitrogen and oxygen atoms in total. The van der Waals surface area contributed by atoms with Crippen LogP contribution in [0.4, 0.5) is 9.93 Å². The lowest BCUT2D eigenvalue weighted by atomic mass is 10.2. The number of anilines is 1. The summed E-state index contributed by atoms with van der Waals surface area (Å²) < 4.78 is 0. The van der Waals surface area contributed by atoms with Crippen molar-refractivity contribution in [1.29, 1.82) is 0 Å². The molecule has 154 valence electrons. The Morgan fingerprint density at radius 1 is 1.14 bits per heavy atom. The highest BCUT2D eigenvalue weighted by atomic mass is 32.1. The molecule has 3 amide bonds. The van der Waals surface area contributed by atoms with E-state index in [1.165, 1.54) is 10.4 Å². The lowest BCUT2D eigenvalue weighted by Gasteiger charge is -2.35. The molecule has 1 aliphatic carbocycles. The number of hydrogen-bond acceptors (Lipinski definition) is 5. The quantitative estimate of drug-likeness (QED) is 0.790. The number of aromatic nitrogens is 1. The van der Waals surface area contributed by atoms with Gasteiger partial charge in [0.2, 0.25) is 5.91 Å². The molecule has 2 N–H and O–H groups in total. The van der Waals surface area contributed by atoms with Crippen LogP contribution in [0.15, 0.2) is 30.3 Å². The number of benzene rings is 1. The molecular weight excluding hydrogens is 386 g/mol. The summed E-state index contributed by atoms with van der Waals surface area (Å²) in [6.07, 6.45) is 3.18. The first-order valence-corrected chi connectivity index (χ1v) is 11.0. The van der Waals surface area contributed by atoms with Gasteiger partial charge in [-0.15, -0.1) is 11.3 Å². The predicted octanol–water partition coefficient (Wildman–Crippen LogP) is 2.49. The number of nitrogens with one attached hydrogen (secondary N) is 2. The Bertz CT molecular complexity index is 840. The van der Waals surface area contributed by atoms with Crippen LogP contribution in [0, 0.1) is 0 Å². The van der Waals surface area contributed by atoms with Gasteiger partial charge in [-0.2, -0.15) is 0 Å². The number of fused-ring (bicyclic) bond motifs is 1.